The van der Waals surface area contributed by atoms with Crippen molar-refractivity contribution in [2.75, 3.05) is 43.5 Å². The van der Waals surface area contributed by atoms with Gasteiger partial charge in [0.05, 0.1) is 0 Å². The zero-order valence-corrected chi connectivity index (χ0v) is 12.7. The second kappa shape index (κ2) is 6.06. The normalized spacial score (nSPS) is 17.5. The molecule has 8 heteroatoms. The van der Waals surface area contributed by atoms with Gasteiger partial charge in [0.2, 0.25) is 0 Å². The average Bonchev–Trinajstić information content (AvgIpc) is 2.72. The van der Waals surface area contributed by atoms with E-state index in [1.54, 1.807) is 0 Å². The van der Waals surface area contributed by atoms with E-state index in [-0.39, 0.29) is 10.7 Å². The number of rotatable bonds is 5. The Morgan fingerprint density at radius 1 is 1.37 bits per heavy atom. The molecule has 3 N–H and O–H groups in total. The lowest BCUT2D eigenvalue weighted by atomic mass is 10.1. The lowest BCUT2D eigenvalue weighted by Gasteiger charge is -2.26. The number of sulfone groups is 1. The summed E-state index contributed by atoms with van der Waals surface area (Å²) < 4.78 is 27.2. The predicted molar refractivity (Wildman–Crippen MR) is 78.4 cm³/mol. The van der Waals surface area contributed by atoms with E-state index in [1.165, 1.54) is 19.3 Å². The highest BCUT2D eigenvalue weighted by atomic mass is 32.2. The van der Waals surface area contributed by atoms with Crippen molar-refractivity contribution < 1.29 is 8.42 Å². The molecule has 6 nitrogen and oxygen atoms in total. The summed E-state index contributed by atoms with van der Waals surface area (Å²) in [5.41, 5.74) is 5.61. The van der Waals surface area contributed by atoms with Crippen molar-refractivity contribution in [3.05, 3.63) is 0 Å². The van der Waals surface area contributed by atoms with Crippen LogP contribution in [0.2, 0.25) is 0 Å². The number of aromatic nitrogens is 1. The third-order valence-corrected chi connectivity index (χ3v) is 5.31. The number of nitrogens with two attached hydrogens (primary N) is 1. The van der Waals surface area contributed by atoms with Gasteiger partial charge in [-0.25, -0.2) is 8.42 Å². The third kappa shape index (κ3) is 3.80. The molecule has 0 unspecified atom stereocenters. The van der Waals surface area contributed by atoms with Crippen LogP contribution in [0, 0.1) is 0 Å². The minimum Gasteiger partial charge on any atom is -0.382 e. The molecule has 2 rings (SSSR count). The fourth-order valence-corrected chi connectivity index (χ4v) is 4.37. The lowest BCUT2D eigenvalue weighted by Crippen LogP contribution is -2.33. The second-order valence-electron chi connectivity index (χ2n) is 4.83. The zero-order chi connectivity index (χ0) is 13.9. The number of piperidine rings is 1. The minimum atomic E-state index is -3.33. The van der Waals surface area contributed by atoms with E-state index in [4.69, 9.17) is 5.73 Å². The van der Waals surface area contributed by atoms with Crippen molar-refractivity contribution in [2.24, 2.45) is 0 Å². The zero-order valence-electron chi connectivity index (χ0n) is 11.1. The summed E-state index contributed by atoms with van der Waals surface area (Å²) in [7, 11) is -3.33. The van der Waals surface area contributed by atoms with Gasteiger partial charge in [-0.15, -0.1) is 0 Å². The Labute approximate surface area is 118 Å². The van der Waals surface area contributed by atoms with Crippen molar-refractivity contribution in [2.45, 2.75) is 24.2 Å². The van der Waals surface area contributed by atoms with Gasteiger partial charge < -0.3 is 16.0 Å². The van der Waals surface area contributed by atoms with Crippen molar-refractivity contribution in [1.82, 2.24) is 9.27 Å². The van der Waals surface area contributed by atoms with Gasteiger partial charge >= 0.3 is 0 Å². The Morgan fingerprint density at radius 3 is 2.68 bits per heavy atom. The number of hydrogen-bond donors (Lipinski definition) is 2. The Kier molecular flexibility index (Phi) is 4.64. The first-order valence-electron chi connectivity index (χ1n) is 6.40. The lowest BCUT2D eigenvalue weighted by molar-refractivity contribution is 0.237. The van der Waals surface area contributed by atoms with E-state index < -0.39 is 9.84 Å². The Hall–Kier alpha value is -0.860. The molecule has 2 heterocycles. The Balaban J connectivity index is 1.93. The maximum atomic E-state index is 11.6. The highest BCUT2D eigenvalue weighted by molar-refractivity contribution is 7.91. The summed E-state index contributed by atoms with van der Waals surface area (Å²) in [6.07, 6.45) is 4.97. The molecule has 19 heavy (non-hydrogen) atoms. The van der Waals surface area contributed by atoms with Crippen molar-refractivity contribution in [3.8, 4) is 0 Å². The average molecular weight is 304 g/mol. The van der Waals surface area contributed by atoms with Gasteiger partial charge in [0, 0.05) is 19.3 Å². The first-order chi connectivity index (χ1) is 8.98. The quantitative estimate of drug-likeness (QED) is 0.844. The number of likely N-dealkylation sites (tertiary alicyclic amines) is 1. The molecule has 0 radical (unpaired) electrons. The number of nitrogens with zero attached hydrogens (tertiary/aromatic N) is 2. The molecule has 0 aliphatic carbocycles. The molecular formula is C11H20N4O2S2. The van der Waals surface area contributed by atoms with Crippen LogP contribution in [0.25, 0.3) is 0 Å². The van der Waals surface area contributed by atoms with E-state index >= 15 is 0 Å². The molecule has 1 aromatic rings. The predicted octanol–water partition coefficient (Wildman–Crippen LogP) is 1.03. The van der Waals surface area contributed by atoms with Gasteiger partial charge in [-0.3, -0.25) is 0 Å². The molecule has 0 bridgehead atoms. The summed E-state index contributed by atoms with van der Waals surface area (Å²) in [5, 5.41) is 3.70. The van der Waals surface area contributed by atoms with Crippen molar-refractivity contribution in [3.63, 3.8) is 0 Å². The summed E-state index contributed by atoms with van der Waals surface area (Å²) in [6.45, 7) is 3.89. The second-order valence-corrected chi connectivity index (χ2v) is 7.55. The first-order valence-corrected chi connectivity index (χ1v) is 9.06. The van der Waals surface area contributed by atoms with Gasteiger partial charge in [0.1, 0.15) is 9.90 Å². The third-order valence-electron chi connectivity index (χ3n) is 3.21. The van der Waals surface area contributed by atoms with Crippen molar-refractivity contribution >= 4 is 32.2 Å². The van der Waals surface area contributed by atoms with Crippen LogP contribution < -0.4 is 11.1 Å². The Morgan fingerprint density at radius 2 is 2.05 bits per heavy atom. The number of hydrogen-bond acceptors (Lipinski definition) is 7. The van der Waals surface area contributed by atoms with E-state index in [9.17, 15) is 8.42 Å². The van der Waals surface area contributed by atoms with Crippen LogP contribution in [-0.2, 0) is 9.84 Å². The first kappa shape index (κ1) is 14.5. The van der Waals surface area contributed by atoms with Crippen LogP contribution in [0.1, 0.15) is 19.3 Å². The fraction of sp³-hybridized carbons (Fsp3) is 0.727. The molecule has 108 valence electrons. The molecule has 0 saturated carbocycles. The largest absolute Gasteiger partial charge is 0.382 e. The summed E-state index contributed by atoms with van der Waals surface area (Å²) >= 11 is 1.11. The molecule has 1 fully saturated rings. The van der Waals surface area contributed by atoms with Gasteiger partial charge in [0.25, 0.3) is 0 Å². The Bertz CT molecular complexity index is 521. The van der Waals surface area contributed by atoms with Crippen LogP contribution >= 0.6 is 11.5 Å². The van der Waals surface area contributed by atoms with Crippen LogP contribution in [0.3, 0.4) is 0 Å². The van der Waals surface area contributed by atoms with Crippen LogP contribution in [-0.4, -0.2) is 50.1 Å². The van der Waals surface area contributed by atoms with Crippen LogP contribution in [0.4, 0.5) is 10.8 Å². The van der Waals surface area contributed by atoms with Crippen LogP contribution in [0.15, 0.2) is 4.90 Å². The van der Waals surface area contributed by atoms with Gasteiger partial charge in [-0.2, -0.15) is 4.37 Å². The number of nitrogen functional groups attached to an aromatic ring is 1. The van der Waals surface area contributed by atoms with Crippen molar-refractivity contribution in [1.29, 1.82) is 0 Å². The molecular weight excluding hydrogens is 284 g/mol. The molecule has 1 saturated heterocycles. The standard InChI is InChI=1S/C11H20N4O2S2/c1-19(16,17)9-10(12)14-18-11(9)13-5-8-15-6-3-2-4-7-15/h13H,2-8H2,1H3,(H2,12,14). The maximum Gasteiger partial charge on any atom is 0.182 e. The molecule has 1 aliphatic rings. The van der Waals surface area contributed by atoms with E-state index in [2.05, 4.69) is 14.6 Å². The fourth-order valence-electron chi connectivity index (χ4n) is 2.28. The molecule has 1 aromatic heterocycles. The smallest absolute Gasteiger partial charge is 0.182 e. The summed E-state index contributed by atoms with van der Waals surface area (Å²) in [5.74, 6) is 0.0907. The minimum absolute atomic E-state index is 0.0907. The van der Waals surface area contributed by atoms with E-state index in [0.29, 0.717) is 11.5 Å². The van der Waals surface area contributed by atoms with E-state index in [1.807, 2.05) is 0 Å². The monoisotopic (exact) mass is 304 g/mol. The molecule has 0 amide bonds. The summed E-state index contributed by atoms with van der Waals surface area (Å²) in [4.78, 5) is 2.53. The SMILES string of the molecule is CS(=O)(=O)c1c(N)nsc1NCCN1CCCCC1. The summed E-state index contributed by atoms with van der Waals surface area (Å²) in [6, 6.07) is 0. The number of anilines is 2. The van der Waals surface area contributed by atoms with Gasteiger partial charge in [-0.1, -0.05) is 6.42 Å². The van der Waals surface area contributed by atoms with Gasteiger partial charge in [-0.05, 0) is 37.5 Å². The molecule has 1 aliphatic heterocycles. The number of nitrogens with one attached hydrogen (secondary N) is 1. The molecule has 0 spiro atoms. The highest BCUT2D eigenvalue weighted by Crippen LogP contribution is 2.30. The molecule has 0 atom stereocenters. The van der Waals surface area contributed by atoms with E-state index in [0.717, 1.165) is 37.4 Å². The maximum absolute atomic E-state index is 11.6. The highest BCUT2D eigenvalue weighted by Gasteiger charge is 2.21. The topological polar surface area (TPSA) is 88.3 Å². The van der Waals surface area contributed by atoms with Gasteiger partial charge in [0.15, 0.2) is 15.7 Å². The van der Waals surface area contributed by atoms with Crippen LogP contribution in [0.5, 0.6) is 0 Å². The molecule has 0 aromatic carbocycles.